The number of nitrogens with one attached hydrogen (secondary N) is 1. The maximum Gasteiger partial charge on any atom is 0.225 e. The predicted octanol–water partition coefficient (Wildman–Crippen LogP) is 2.79. The third-order valence-corrected chi connectivity index (χ3v) is 3.89. The van der Waals surface area contributed by atoms with Gasteiger partial charge in [-0.25, -0.2) is 0 Å². The lowest BCUT2D eigenvalue weighted by atomic mass is 10.1. The molecular formula is C14H14ClNO2S. The third-order valence-electron chi connectivity index (χ3n) is 2.67. The highest BCUT2D eigenvalue weighted by molar-refractivity contribution is 7.10. The molecule has 0 aliphatic carbocycles. The van der Waals surface area contributed by atoms with Crippen LogP contribution in [0.3, 0.4) is 0 Å². The van der Waals surface area contributed by atoms with Crippen molar-refractivity contribution >= 4 is 28.8 Å². The molecule has 1 aromatic heterocycles. The van der Waals surface area contributed by atoms with Gasteiger partial charge in [0.2, 0.25) is 5.91 Å². The molecule has 0 saturated heterocycles. The minimum absolute atomic E-state index is 0.103. The van der Waals surface area contributed by atoms with E-state index >= 15 is 0 Å². The highest BCUT2D eigenvalue weighted by Gasteiger charge is 2.12. The number of carbonyl (C=O) groups is 1. The summed E-state index contributed by atoms with van der Waals surface area (Å²) in [5.74, 6) is -0.103. The molecule has 0 aliphatic rings. The largest absolute Gasteiger partial charge is 0.387 e. The Balaban J connectivity index is 1.85. The van der Waals surface area contributed by atoms with E-state index < -0.39 is 6.10 Å². The lowest BCUT2D eigenvalue weighted by Gasteiger charge is -2.13. The lowest BCUT2D eigenvalue weighted by molar-refractivity contribution is -0.120. The Hall–Kier alpha value is -1.36. The molecule has 0 saturated carbocycles. The van der Waals surface area contributed by atoms with E-state index in [4.69, 9.17) is 11.6 Å². The molecule has 1 heterocycles. The number of hydrogen-bond acceptors (Lipinski definition) is 3. The quantitative estimate of drug-likeness (QED) is 0.891. The highest BCUT2D eigenvalue weighted by atomic mass is 35.5. The van der Waals surface area contributed by atoms with Gasteiger partial charge in [0.05, 0.1) is 12.5 Å². The first-order valence-corrected chi connectivity index (χ1v) is 7.14. The minimum Gasteiger partial charge on any atom is -0.387 e. The van der Waals surface area contributed by atoms with Gasteiger partial charge in [0.1, 0.15) is 0 Å². The molecule has 0 radical (unpaired) electrons. The molecule has 1 atom stereocenters. The summed E-state index contributed by atoms with van der Waals surface area (Å²) in [4.78, 5) is 12.7. The molecule has 100 valence electrons. The number of aliphatic hydroxyl groups excluding tert-OH is 1. The average molecular weight is 296 g/mol. The van der Waals surface area contributed by atoms with E-state index in [9.17, 15) is 9.90 Å². The van der Waals surface area contributed by atoms with Crippen LogP contribution in [0.2, 0.25) is 5.02 Å². The zero-order valence-electron chi connectivity index (χ0n) is 10.2. The number of halogens is 1. The van der Waals surface area contributed by atoms with Gasteiger partial charge < -0.3 is 10.4 Å². The molecule has 3 nitrogen and oxygen atoms in total. The first-order valence-electron chi connectivity index (χ1n) is 5.88. The van der Waals surface area contributed by atoms with Crippen LogP contribution < -0.4 is 5.32 Å². The van der Waals surface area contributed by atoms with E-state index in [1.165, 1.54) is 11.3 Å². The predicted molar refractivity (Wildman–Crippen MR) is 77.4 cm³/mol. The second-order valence-corrected chi connectivity index (χ2v) is 5.54. The molecule has 2 N–H and O–H groups in total. The van der Waals surface area contributed by atoms with Crippen LogP contribution in [-0.2, 0) is 11.2 Å². The fourth-order valence-electron chi connectivity index (χ4n) is 1.70. The summed E-state index contributed by atoms with van der Waals surface area (Å²) < 4.78 is 0. The van der Waals surface area contributed by atoms with Crippen molar-refractivity contribution in [1.82, 2.24) is 5.32 Å². The smallest absolute Gasteiger partial charge is 0.225 e. The van der Waals surface area contributed by atoms with E-state index in [1.807, 2.05) is 17.5 Å². The maximum absolute atomic E-state index is 11.7. The van der Waals surface area contributed by atoms with Gasteiger partial charge in [-0.15, -0.1) is 11.3 Å². The fourth-order valence-corrected chi connectivity index (χ4v) is 2.66. The van der Waals surface area contributed by atoms with Gasteiger partial charge in [0, 0.05) is 22.0 Å². The van der Waals surface area contributed by atoms with Crippen molar-refractivity contribution in [2.75, 3.05) is 6.54 Å². The van der Waals surface area contributed by atoms with Crippen molar-refractivity contribution in [1.29, 1.82) is 0 Å². The summed E-state index contributed by atoms with van der Waals surface area (Å²) in [6.07, 6.45) is -0.451. The van der Waals surface area contributed by atoms with Gasteiger partial charge in [0.15, 0.2) is 0 Å². The van der Waals surface area contributed by atoms with E-state index in [0.29, 0.717) is 17.0 Å². The molecule has 5 heteroatoms. The van der Waals surface area contributed by atoms with Crippen molar-refractivity contribution in [3.8, 4) is 0 Å². The van der Waals surface area contributed by atoms with Crippen molar-refractivity contribution in [3.63, 3.8) is 0 Å². The van der Waals surface area contributed by atoms with Gasteiger partial charge in [-0.3, -0.25) is 4.79 Å². The van der Waals surface area contributed by atoms with Crippen LogP contribution in [-0.4, -0.2) is 17.6 Å². The van der Waals surface area contributed by atoms with Crippen LogP contribution in [0.5, 0.6) is 0 Å². The second-order valence-electron chi connectivity index (χ2n) is 4.10. The number of amides is 1. The van der Waals surface area contributed by atoms with Crippen LogP contribution in [0.25, 0.3) is 0 Å². The van der Waals surface area contributed by atoms with Gasteiger partial charge in [0.25, 0.3) is 0 Å². The van der Waals surface area contributed by atoms with Crippen molar-refractivity contribution in [3.05, 3.63) is 57.2 Å². The summed E-state index contributed by atoms with van der Waals surface area (Å²) in [6.45, 7) is 0.161. The van der Waals surface area contributed by atoms with E-state index in [2.05, 4.69) is 5.32 Å². The molecule has 1 aromatic carbocycles. The summed E-state index contributed by atoms with van der Waals surface area (Å²) in [5.41, 5.74) is 0.626. The molecule has 0 aliphatic heterocycles. The summed E-state index contributed by atoms with van der Waals surface area (Å²) in [5, 5.41) is 15.1. The Morgan fingerprint density at radius 1 is 1.32 bits per heavy atom. The van der Waals surface area contributed by atoms with Gasteiger partial charge in [-0.05, 0) is 17.5 Å². The van der Waals surface area contributed by atoms with Gasteiger partial charge in [-0.1, -0.05) is 35.9 Å². The molecule has 2 aromatic rings. The SMILES string of the molecule is O=C(Cc1cccs1)NCC(O)c1ccccc1Cl. The Morgan fingerprint density at radius 2 is 2.11 bits per heavy atom. The first kappa shape index (κ1) is 14.1. The number of hydrogen-bond donors (Lipinski definition) is 2. The van der Waals surface area contributed by atoms with Crippen LogP contribution in [0, 0.1) is 0 Å². The molecule has 0 fully saturated rings. The first-order chi connectivity index (χ1) is 9.16. The van der Waals surface area contributed by atoms with Gasteiger partial charge in [-0.2, -0.15) is 0 Å². The third kappa shape index (κ3) is 4.06. The van der Waals surface area contributed by atoms with Crippen LogP contribution in [0.15, 0.2) is 41.8 Å². The van der Waals surface area contributed by atoms with Crippen molar-refractivity contribution in [2.45, 2.75) is 12.5 Å². The minimum atomic E-state index is -0.791. The monoisotopic (exact) mass is 295 g/mol. The van der Waals surface area contributed by atoms with E-state index in [-0.39, 0.29) is 12.5 Å². The number of thiophene rings is 1. The van der Waals surface area contributed by atoms with E-state index in [1.54, 1.807) is 24.3 Å². The second kappa shape index (κ2) is 6.70. The van der Waals surface area contributed by atoms with Crippen molar-refractivity contribution < 1.29 is 9.90 Å². The Kier molecular flexibility index (Phi) is 4.96. The molecule has 2 rings (SSSR count). The number of rotatable bonds is 5. The molecule has 1 amide bonds. The molecule has 1 unspecified atom stereocenters. The Bertz CT molecular complexity index is 542. The highest BCUT2D eigenvalue weighted by Crippen LogP contribution is 2.21. The Labute approximate surface area is 120 Å². The number of aliphatic hydroxyl groups is 1. The summed E-state index contributed by atoms with van der Waals surface area (Å²) in [6, 6.07) is 10.9. The Morgan fingerprint density at radius 3 is 2.79 bits per heavy atom. The zero-order chi connectivity index (χ0) is 13.7. The average Bonchev–Trinajstić information content (AvgIpc) is 2.89. The van der Waals surface area contributed by atoms with Gasteiger partial charge >= 0.3 is 0 Å². The summed E-state index contributed by atoms with van der Waals surface area (Å²) in [7, 11) is 0. The molecular weight excluding hydrogens is 282 g/mol. The molecule has 0 spiro atoms. The number of benzene rings is 1. The fraction of sp³-hybridized carbons (Fsp3) is 0.214. The maximum atomic E-state index is 11.7. The lowest BCUT2D eigenvalue weighted by Crippen LogP contribution is -2.29. The topological polar surface area (TPSA) is 49.3 Å². The number of carbonyl (C=O) groups excluding carboxylic acids is 1. The van der Waals surface area contributed by atoms with E-state index in [0.717, 1.165) is 4.88 Å². The van der Waals surface area contributed by atoms with Crippen LogP contribution >= 0.6 is 22.9 Å². The standard InChI is InChI=1S/C14H14ClNO2S/c15-12-6-2-1-5-11(12)13(17)9-16-14(18)8-10-4-3-7-19-10/h1-7,13,17H,8-9H2,(H,16,18). The zero-order valence-corrected chi connectivity index (χ0v) is 11.7. The van der Waals surface area contributed by atoms with Crippen LogP contribution in [0.1, 0.15) is 16.5 Å². The normalized spacial score (nSPS) is 12.1. The van der Waals surface area contributed by atoms with Crippen LogP contribution in [0.4, 0.5) is 0 Å². The molecule has 19 heavy (non-hydrogen) atoms. The molecule has 0 bridgehead atoms. The van der Waals surface area contributed by atoms with Crippen molar-refractivity contribution in [2.24, 2.45) is 0 Å². The summed E-state index contributed by atoms with van der Waals surface area (Å²) >= 11 is 7.52.